The quantitative estimate of drug-likeness (QED) is 0.592. The minimum atomic E-state index is 0.806. The lowest BCUT2D eigenvalue weighted by Crippen LogP contribution is -1.95. The third-order valence-electron chi connectivity index (χ3n) is 1.51. The zero-order valence-corrected chi connectivity index (χ0v) is 10.0. The van der Waals surface area contributed by atoms with Crippen molar-refractivity contribution in [1.29, 1.82) is 0 Å². The second-order valence-corrected chi connectivity index (χ2v) is 4.58. The smallest absolute Gasteiger partial charge is 0.0560 e. The van der Waals surface area contributed by atoms with E-state index in [1.165, 1.54) is 4.90 Å². The van der Waals surface area contributed by atoms with Gasteiger partial charge in [-0.1, -0.05) is 15.9 Å². The number of hydrogen-bond donors (Lipinski definition) is 0. The summed E-state index contributed by atoms with van der Waals surface area (Å²) in [6.45, 7) is 3.66. The van der Waals surface area contributed by atoms with Crippen molar-refractivity contribution < 1.29 is 4.74 Å². The molecule has 1 rings (SSSR count). The molecule has 0 aliphatic carbocycles. The van der Waals surface area contributed by atoms with Crippen LogP contribution in [0, 0.1) is 0 Å². The molecule has 0 unspecified atom stereocenters. The average molecular weight is 261 g/mol. The first kappa shape index (κ1) is 11.1. The van der Waals surface area contributed by atoms with E-state index in [1.807, 2.05) is 18.7 Å². The molecule has 0 amide bonds. The van der Waals surface area contributed by atoms with Crippen LogP contribution in [0.25, 0.3) is 0 Å². The van der Waals surface area contributed by atoms with Crippen LogP contribution in [0.3, 0.4) is 0 Å². The summed E-state index contributed by atoms with van der Waals surface area (Å²) in [5, 5.41) is 0. The Hall–Kier alpha value is 0.01000. The molecule has 1 nitrogen and oxygen atoms in total. The van der Waals surface area contributed by atoms with Gasteiger partial charge in [0.05, 0.1) is 6.61 Å². The maximum absolute atomic E-state index is 5.25. The molecule has 0 fully saturated rings. The SMILES string of the molecule is CCOCCSc1ccc(Br)cc1. The van der Waals surface area contributed by atoms with Gasteiger partial charge < -0.3 is 4.74 Å². The summed E-state index contributed by atoms with van der Waals surface area (Å²) in [4.78, 5) is 1.29. The van der Waals surface area contributed by atoms with Gasteiger partial charge in [0.2, 0.25) is 0 Å². The summed E-state index contributed by atoms with van der Waals surface area (Å²) < 4.78 is 6.38. The predicted octanol–water partition coefficient (Wildman–Crippen LogP) is 3.58. The van der Waals surface area contributed by atoms with Gasteiger partial charge in [0, 0.05) is 21.7 Å². The molecular formula is C10H13BrOS. The van der Waals surface area contributed by atoms with E-state index in [-0.39, 0.29) is 0 Å². The minimum Gasteiger partial charge on any atom is -0.381 e. The Morgan fingerprint density at radius 1 is 1.31 bits per heavy atom. The molecule has 0 aliphatic heterocycles. The van der Waals surface area contributed by atoms with Crippen LogP contribution in [-0.2, 0) is 4.74 Å². The molecule has 0 atom stereocenters. The van der Waals surface area contributed by atoms with Crippen LogP contribution in [0.2, 0.25) is 0 Å². The van der Waals surface area contributed by atoms with E-state index < -0.39 is 0 Å². The molecule has 1 aromatic carbocycles. The molecule has 0 spiro atoms. The second-order valence-electron chi connectivity index (χ2n) is 2.50. The third-order valence-corrected chi connectivity index (χ3v) is 3.02. The van der Waals surface area contributed by atoms with Crippen LogP contribution in [0.5, 0.6) is 0 Å². The summed E-state index contributed by atoms with van der Waals surface area (Å²) in [6.07, 6.45) is 0. The van der Waals surface area contributed by atoms with Crippen LogP contribution < -0.4 is 0 Å². The van der Waals surface area contributed by atoms with Crippen molar-refractivity contribution in [3.8, 4) is 0 Å². The molecule has 0 saturated carbocycles. The highest BCUT2D eigenvalue weighted by Crippen LogP contribution is 2.20. The molecule has 0 aromatic heterocycles. The van der Waals surface area contributed by atoms with Crippen molar-refractivity contribution in [2.24, 2.45) is 0 Å². The van der Waals surface area contributed by atoms with E-state index in [9.17, 15) is 0 Å². The molecule has 3 heteroatoms. The molecular weight excluding hydrogens is 248 g/mol. The first-order valence-corrected chi connectivity index (χ1v) is 6.07. The van der Waals surface area contributed by atoms with Crippen molar-refractivity contribution >= 4 is 27.7 Å². The lowest BCUT2D eigenvalue weighted by Gasteiger charge is -2.01. The summed E-state index contributed by atoms with van der Waals surface area (Å²) >= 11 is 5.23. The molecule has 13 heavy (non-hydrogen) atoms. The summed E-state index contributed by atoms with van der Waals surface area (Å²) in [5.41, 5.74) is 0. The highest BCUT2D eigenvalue weighted by Gasteiger charge is 1.93. The van der Waals surface area contributed by atoms with Crippen molar-refractivity contribution in [2.75, 3.05) is 19.0 Å². The predicted molar refractivity (Wildman–Crippen MR) is 61.4 cm³/mol. The van der Waals surface area contributed by atoms with E-state index in [0.29, 0.717) is 0 Å². The number of thioether (sulfide) groups is 1. The Labute approximate surface area is 92.0 Å². The van der Waals surface area contributed by atoms with Crippen molar-refractivity contribution in [2.45, 2.75) is 11.8 Å². The van der Waals surface area contributed by atoms with E-state index in [0.717, 1.165) is 23.4 Å². The van der Waals surface area contributed by atoms with Crippen molar-refractivity contribution in [3.63, 3.8) is 0 Å². The third kappa shape index (κ3) is 4.69. The van der Waals surface area contributed by atoms with Gasteiger partial charge in [-0.2, -0.15) is 0 Å². The molecule has 0 saturated heterocycles. The first-order chi connectivity index (χ1) is 6.33. The molecule has 1 aromatic rings. The van der Waals surface area contributed by atoms with Gasteiger partial charge in [-0.25, -0.2) is 0 Å². The van der Waals surface area contributed by atoms with Crippen molar-refractivity contribution in [1.82, 2.24) is 0 Å². The molecule has 0 aliphatic rings. The van der Waals surface area contributed by atoms with Gasteiger partial charge in [0.15, 0.2) is 0 Å². The van der Waals surface area contributed by atoms with Crippen LogP contribution in [0.1, 0.15) is 6.92 Å². The number of halogens is 1. The molecule has 0 bridgehead atoms. The lowest BCUT2D eigenvalue weighted by molar-refractivity contribution is 0.164. The highest BCUT2D eigenvalue weighted by molar-refractivity contribution is 9.10. The van der Waals surface area contributed by atoms with Crippen LogP contribution in [0.4, 0.5) is 0 Å². The largest absolute Gasteiger partial charge is 0.381 e. The van der Waals surface area contributed by atoms with E-state index in [2.05, 4.69) is 40.2 Å². The summed E-state index contributed by atoms with van der Waals surface area (Å²) in [6, 6.07) is 8.34. The fourth-order valence-corrected chi connectivity index (χ4v) is 1.92. The van der Waals surface area contributed by atoms with Gasteiger partial charge in [0.25, 0.3) is 0 Å². The van der Waals surface area contributed by atoms with Gasteiger partial charge in [-0.15, -0.1) is 11.8 Å². The normalized spacial score (nSPS) is 10.3. The molecule has 0 radical (unpaired) electrons. The molecule has 0 heterocycles. The number of hydrogen-bond acceptors (Lipinski definition) is 2. The number of rotatable bonds is 5. The Balaban J connectivity index is 2.25. The fraction of sp³-hybridized carbons (Fsp3) is 0.400. The maximum atomic E-state index is 5.25. The topological polar surface area (TPSA) is 9.23 Å². The zero-order valence-electron chi connectivity index (χ0n) is 7.63. The lowest BCUT2D eigenvalue weighted by atomic mass is 10.4. The Morgan fingerprint density at radius 3 is 2.62 bits per heavy atom. The van der Waals surface area contributed by atoms with E-state index in [1.54, 1.807) is 0 Å². The monoisotopic (exact) mass is 260 g/mol. The van der Waals surface area contributed by atoms with E-state index in [4.69, 9.17) is 4.74 Å². The Kier molecular flexibility index (Phi) is 5.51. The molecule has 72 valence electrons. The molecule has 0 N–H and O–H groups in total. The standard InChI is InChI=1S/C10H13BrOS/c1-2-12-7-8-13-10-5-3-9(11)4-6-10/h3-6H,2,7-8H2,1H3. The Morgan fingerprint density at radius 2 is 2.00 bits per heavy atom. The summed E-state index contributed by atoms with van der Waals surface area (Å²) in [5.74, 6) is 1.02. The fourth-order valence-electron chi connectivity index (χ4n) is 0.894. The number of benzene rings is 1. The van der Waals surface area contributed by atoms with Crippen LogP contribution >= 0.6 is 27.7 Å². The van der Waals surface area contributed by atoms with Gasteiger partial charge >= 0.3 is 0 Å². The number of ether oxygens (including phenoxy) is 1. The van der Waals surface area contributed by atoms with Gasteiger partial charge in [0.1, 0.15) is 0 Å². The first-order valence-electron chi connectivity index (χ1n) is 4.29. The minimum absolute atomic E-state index is 0.806. The average Bonchev–Trinajstić information content (AvgIpc) is 2.15. The second kappa shape index (κ2) is 6.46. The zero-order chi connectivity index (χ0) is 9.52. The Bertz CT molecular complexity index is 235. The van der Waals surface area contributed by atoms with Crippen LogP contribution in [-0.4, -0.2) is 19.0 Å². The van der Waals surface area contributed by atoms with Gasteiger partial charge in [-0.05, 0) is 31.2 Å². The highest BCUT2D eigenvalue weighted by atomic mass is 79.9. The maximum Gasteiger partial charge on any atom is 0.0560 e. The van der Waals surface area contributed by atoms with Crippen LogP contribution in [0.15, 0.2) is 33.6 Å². The van der Waals surface area contributed by atoms with E-state index >= 15 is 0 Å². The van der Waals surface area contributed by atoms with Gasteiger partial charge in [-0.3, -0.25) is 0 Å². The van der Waals surface area contributed by atoms with Crippen molar-refractivity contribution in [3.05, 3.63) is 28.7 Å². The summed E-state index contributed by atoms with van der Waals surface area (Å²) in [7, 11) is 0.